The molecule has 0 aliphatic rings. The van der Waals surface area contributed by atoms with Crippen LogP contribution >= 0.6 is 0 Å². The molecule has 0 atom stereocenters. The Morgan fingerprint density at radius 3 is 2.23 bits per heavy atom. The van der Waals surface area contributed by atoms with Gasteiger partial charge in [0.25, 0.3) is 0 Å². The molecule has 0 aliphatic carbocycles. The molecule has 0 bridgehead atoms. The van der Waals surface area contributed by atoms with Gasteiger partial charge in [-0.25, -0.2) is 4.98 Å². The SMILES string of the molecule is COc1cc(OC)c(CCNc2cccc(C)n2)c(OC)c1. The Balaban J connectivity index is 2.11. The topological polar surface area (TPSA) is 52.6 Å². The number of hydrogen-bond donors (Lipinski definition) is 1. The van der Waals surface area contributed by atoms with Crippen molar-refractivity contribution in [3.63, 3.8) is 0 Å². The number of nitrogens with zero attached hydrogens (tertiary/aromatic N) is 1. The fourth-order valence-electron chi connectivity index (χ4n) is 2.28. The molecular formula is C17H22N2O3. The first kappa shape index (κ1) is 15.9. The third kappa shape index (κ3) is 3.81. The van der Waals surface area contributed by atoms with Crippen molar-refractivity contribution in [1.29, 1.82) is 0 Å². The molecule has 5 nitrogen and oxygen atoms in total. The summed E-state index contributed by atoms with van der Waals surface area (Å²) in [5.74, 6) is 3.10. The van der Waals surface area contributed by atoms with E-state index in [9.17, 15) is 0 Å². The summed E-state index contributed by atoms with van der Waals surface area (Å²) < 4.78 is 16.2. The number of aromatic nitrogens is 1. The van der Waals surface area contributed by atoms with Crippen LogP contribution in [-0.2, 0) is 6.42 Å². The van der Waals surface area contributed by atoms with E-state index in [1.54, 1.807) is 21.3 Å². The summed E-state index contributed by atoms with van der Waals surface area (Å²) in [4.78, 5) is 4.42. The van der Waals surface area contributed by atoms with Gasteiger partial charge in [-0.3, -0.25) is 0 Å². The van der Waals surface area contributed by atoms with Crippen molar-refractivity contribution in [2.24, 2.45) is 0 Å². The molecule has 2 aromatic rings. The highest BCUT2D eigenvalue weighted by Crippen LogP contribution is 2.34. The molecule has 1 N–H and O–H groups in total. The third-order valence-corrected chi connectivity index (χ3v) is 3.39. The monoisotopic (exact) mass is 302 g/mol. The van der Waals surface area contributed by atoms with Crippen molar-refractivity contribution >= 4 is 5.82 Å². The highest BCUT2D eigenvalue weighted by molar-refractivity contribution is 5.51. The van der Waals surface area contributed by atoms with Gasteiger partial charge in [-0.05, 0) is 25.5 Å². The van der Waals surface area contributed by atoms with E-state index in [4.69, 9.17) is 14.2 Å². The average molecular weight is 302 g/mol. The van der Waals surface area contributed by atoms with Crippen LogP contribution in [-0.4, -0.2) is 32.9 Å². The van der Waals surface area contributed by atoms with Gasteiger partial charge < -0.3 is 19.5 Å². The number of rotatable bonds is 7. The summed E-state index contributed by atoms with van der Waals surface area (Å²) in [6.07, 6.45) is 0.756. The molecule has 1 heterocycles. The molecule has 0 fully saturated rings. The zero-order valence-electron chi connectivity index (χ0n) is 13.5. The number of anilines is 1. The second-order valence-corrected chi connectivity index (χ2v) is 4.85. The van der Waals surface area contributed by atoms with E-state index in [1.807, 2.05) is 37.3 Å². The Morgan fingerprint density at radius 2 is 1.68 bits per heavy atom. The summed E-state index contributed by atoms with van der Waals surface area (Å²) in [6.45, 7) is 2.70. The normalized spacial score (nSPS) is 10.2. The van der Waals surface area contributed by atoms with E-state index in [2.05, 4.69) is 10.3 Å². The van der Waals surface area contributed by atoms with Gasteiger partial charge >= 0.3 is 0 Å². The van der Waals surface area contributed by atoms with Crippen LogP contribution in [0.4, 0.5) is 5.82 Å². The molecular weight excluding hydrogens is 280 g/mol. The Hall–Kier alpha value is -2.43. The van der Waals surface area contributed by atoms with Crippen LogP contribution in [0.25, 0.3) is 0 Å². The molecule has 0 radical (unpaired) electrons. The van der Waals surface area contributed by atoms with Gasteiger partial charge in [0.2, 0.25) is 0 Å². The molecule has 22 heavy (non-hydrogen) atoms. The van der Waals surface area contributed by atoms with Crippen molar-refractivity contribution in [1.82, 2.24) is 4.98 Å². The van der Waals surface area contributed by atoms with E-state index >= 15 is 0 Å². The summed E-state index contributed by atoms with van der Waals surface area (Å²) in [5.41, 5.74) is 2.00. The summed E-state index contributed by atoms with van der Waals surface area (Å²) in [7, 11) is 4.92. The maximum Gasteiger partial charge on any atom is 0.129 e. The van der Waals surface area contributed by atoms with Gasteiger partial charge in [-0.15, -0.1) is 0 Å². The smallest absolute Gasteiger partial charge is 0.129 e. The quantitative estimate of drug-likeness (QED) is 0.852. The van der Waals surface area contributed by atoms with Gasteiger partial charge in [-0.2, -0.15) is 0 Å². The predicted molar refractivity (Wildman–Crippen MR) is 87.3 cm³/mol. The Morgan fingerprint density at radius 1 is 1.00 bits per heavy atom. The van der Waals surface area contributed by atoms with Gasteiger partial charge in [0.05, 0.1) is 21.3 Å². The molecule has 0 amide bonds. The number of nitrogens with one attached hydrogen (secondary N) is 1. The van der Waals surface area contributed by atoms with Crippen LogP contribution in [0, 0.1) is 6.92 Å². The van der Waals surface area contributed by atoms with E-state index in [1.165, 1.54) is 0 Å². The molecule has 0 saturated heterocycles. The summed E-state index contributed by atoms with van der Waals surface area (Å²) in [6, 6.07) is 9.64. The minimum absolute atomic E-state index is 0.714. The molecule has 0 saturated carbocycles. The van der Waals surface area contributed by atoms with Crippen LogP contribution in [0.15, 0.2) is 30.3 Å². The zero-order chi connectivity index (χ0) is 15.9. The highest BCUT2D eigenvalue weighted by Gasteiger charge is 2.12. The standard InChI is InChI=1S/C17H22N2O3/c1-12-6-5-7-17(19-12)18-9-8-14-15(21-3)10-13(20-2)11-16(14)22-4/h5-7,10-11H,8-9H2,1-4H3,(H,18,19). The van der Waals surface area contributed by atoms with Crippen molar-refractivity contribution in [3.05, 3.63) is 41.6 Å². The molecule has 0 aliphatic heterocycles. The van der Waals surface area contributed by atoms with Crippen molar-refractivity contribution < 1.29 is 14.2 Å². The average Bonchev–Trinajstić information content (AvgIpc) is 2.54. The predicted octanol–water partition coefficient (Wildman–Crippen LogP) is 3.07. The molecule has 1 aromatic carbocycles. The van der Waals surface area contributed by atoms with Crippen molar-refractivity contribution in [3.8, 4) is 17.2 Å². The number of pyridine rings is 1. The summed E-state index contributed by atoms with van der Waals surface area (Å²) >= 11 is 0. The summed E-state index contributed by atoms with van der Waals surface area (Å²) in [5, 5.41) is 3.31. The molecule has 5 heteroatoms. The fourth-order valence-corrected chi connectivity index (χ4v) is 2.28. The highest BCUT2D eigenvalue weighted by atomic mass is 16.5. The van der Waals surface area contributed by atoms with Crippen molar-refractivity contribution in [2.75, 3.05) is 33.2 Å². The minimum Gasteiger partial charge on any atom is -0.496 e. The fraction of sp³-hybridized carbons (Fsp3) is 0.353. The number of aryl methyl sites for hydroxylation is 1. The van der Waals surface area contributed by atoms with E-state index < -0.39 is 0 Å². The van der Waals surface area contributed by atoms with Gasteiger partial charge in [-0.1, -0.05) is 6.07 Å². The van der Waals surface area contributed by atoms with Crippen LogP contribution in [0.1, 0.15) is 11.3 Å². The van der Waals surface area contributed by atoms with Crippen LogP contribution in [0.2, 0.25) is 0 Å². The lowest BCUT2D eigenvalue weighted by Crippen LogP contribution is -2.08. The third-order valence-electron chi connectivity index (χ3n) is 3.39. The first-order chi connectivity index (χ1) is 10.7. The van der Waals surface area contributed by atoms with E-state index in [0.717, 1.165) is 41.5 Å². The molecule has 0 unspecified atom stereocenters. The van der Waals surface area contributed by atoms with E-state index in [-0.39, 0.29) is 0 Å². The zero-order valence-corrected chi connectivity index (χ0v) is 13.5. The maximum atomic E-state index is 5.45. The maximum absolute atomic E-state index is 5.45. The number of methoxy groups -OCH3 is 3. The Labute approximate surface area is 131 Å². The first-order valence-corrected chi connectivity index (χ1v) is 7.14. The van der Waals surface area contributed by atoms with Gasteiger partial charge in [0.1, 0.15) is 23.1 Å². The van der Waals surface area contributed by atoms with Crippen LogP contribution in [0.3, 0.4) is 0 Å². The second-order valence-electron chi connectivity index (χ2n) is 4.85. The van der Waals surface area contributed by atoms with E-state index in [0.29, 0.717) is 5.75 Å². The minimum atomic E-state index is 0.714. The second kappa shape index (κ2) is 7.54. The molecule has 1 aromatic heterocycles. The lowest BCUT2D eigenvalue weighted by molar-refractivity contribution is 0.369. The lowest BCUT2D eigenvalue weighted by atomic mass is 10.1. The lowest BCUT2D eigenvalue weighted by Gasteiger charge is -2.15. The largest absolute Gasteiger partial charge is 0.496 e. The molecule has 118 valence electrons. The molecule has 0 spiro atoms. The number of ether oxygens (including phenoxy) is 3. The number of benzene rings is 1. The van der Waals surface area contributed by atoms with Crippen molar-refractivity contribution in [2.45, 2.75) is 13.3 Å². The Kier molecular flexibility index (Phi) is 5.47. The number of hydrogen-bond acceptors (Lipinski definition) is 5. The first-order valence-electron chi connectivity index (χ1n) is 7.14. The molecule has 2 rings (SSSR count). The van der Waals surface area contributed by atoms with Gasteiger partial charge in [0, 0.05) is 29.9 Å². The van der Waals surface area contributed by atoms with Gasteiger partial charge in [0.15, 0.2) is 0 Å². The van der Waals surface area contributed by atoms with Crippen LogP contribution < -0.4 is 19.5 Å². The van der Waals surface area contributed by atoms with Crippen LogP contribution in [0.5, 0.6) is 17.2 Å². The Bertz CT molecular complexity index is 604.